The Bertz CT molecular complexity index is 1470. The molecule has 1 amide bonds. The summed E-state index contributed by atoms with van der Waals surface area (Å²) in [6.07, 6.45) is 1.02. The summed E-state index contributed by atoms with van der Waals surface area (Å²) >= 11 is 0. The maximum Gasteiger partial charge on any atom is 1.00 e. The summed E-state index contributed by atoms with van der Waals surface area (Å²) in [5.41, 5.74) is 0.413. The van der Waals surface area contributed by atoms with Gasteiger partial charge in [-0.25, -0.2) is 9.78 Å². The number of carbonyl (C=O) groups excluding carboxylic acids is 2. The molecule has 0 saturated heterocycles. The molecule has 0 spiro atoms. The summed E-state index contributed by atoms with van der Waals surface area (Å²) in [5.74, 6) is 0.552. The van der Waals surface area contributed by atoms with Crippen LogP contribution in [0.15, 0.2) is 72.9 Å². The van der Waals surface area contributed by atoms with E-state index < -0.39 is 17.7 Å². The second kappa shape index (κ2) is 11.9. The van der Waals surface area contributed by atoms with Crippen LogP contribution in [0.25, 0.3) is 10.8 Å². The number of benzene rings is 3. The summed E-state index contributed by atoms with van der Waals surface area (Å²) in [6.45, 7) is 5.40. The van der Waals surface area contributed by atoms with Crippen LogP contribution < -0.4 is 44.1 Å². The molecular formula is C28H26LiN3O6. The fourth-order valence-corrected chi connectivity index (χ4v) is 3.61. The van der Waals surface area contributed by atoms with Crippen molar-refractivity contribution in [2.45, 2.75) is 26.4 Å². The van der Waals surface area contributed by atoms with Gasteiger partial charge in [-0.15, -0.1) is 0 Å². The molecule has 4 aromatic rings. The van der Waals surface area contributed by atoms with Crippen molar-refractivity contribution in [2.24, 2.45) is 0 Å². The Kier molecular flexibility index (Phi) is 8.89. The van der Waals surface area contributed by atoms with Gasteiger partial charge in [0.15, 0.2) is 0 Å². The number of ether oxygens (including phenoxy) is 3. The molecule has 4 rings (SSSR count). The Hall–Kier alpha value is -4.19. The van der Waals surface area contributed by atoms with Gasteiger partial charge >= 0.3 is 25.0 Å². The second-order valence-corrected chi connectivity index (χ2v) is 9.13. The molecule has 9 nitrogen and oxygen atoms in total. The molecule has 0 radical (unpaired) electrons. The van der Waals surface area contributed by atoms with Crippen LogP contribution in [0.4, 0.5) is 22.0 Å². The molecule has 190 valence electrons. The van der Waals surface area contributed by atoms with E-state index in [1.807, 2.05) is 24.3 Å². The van der Waals surface area contributed by atoms with E-state index in [2.05, 4.69) is 15.6 Å². The van der Waals surface area contributed by atoms with E-state index in [0.29, 0.717) is 34.4 Å². The minimum Gasteiger partial charge on any atom is -0.545 e. The number of fused-ring (bicyclic) bond motifs is 1. The molecule has 0 aliphatic rings. The average molecular weight is 507 g/mol. The van der Waals surface area contributed by atoms with Gasteiger partial charge < -0.3 is 29.4 Å². The number of methoxy groups -OCH3 is 1. The van der Waals surface area contributed by atoms with E-state index in [-0.39, 0.29) is 24.4 Å². The monoisotopic (exact) mass is 507 g/mol. The minimum absolute atomic E-state index is 0. The Balaban J connectivity index is 0.00000400. The van der Waals surface area contributed by atoms with Crippen LogP contribution in [-0.2, 0) is 4.74 Å². The maximum atomic E-state index is 12.3. The van der Waals surface area contributed by atoms with Crippen molar-refractivity contribution in [1.82, 2.24) is 4.98 Å². The largest absolute Gasteiger partial charge is 1.00 e. The summed E-state index contributed by atoms with van der Waals surface area (Å²) in [4.78, 5) is 27.9. The van der Waals surface area contributed by atoms with Crippen LogP contribution in [0, 0.1) is 0 Å². The van der Waals surface area contributed by atoms with Gasteiger partial charge in [-0.3, -0.25) is 5.32 Å². The normalized spacial score (nSPS) is 10.7. The van der Waals surface area contributed by atoms with Gasteiger partial charge in [-0.05, 0) is 51.1 Å². The van der Waals surface area contributed by atoms with Crippen molar-refractivity contribution in [2.75, 3.05) is 17.7 Å². The van der Waals surface area contributed by atoms with E-state index in [1.54, 1.807) is 57.3 Å². The number of amides is 1. The van der Waals surface area contributed by atoms with Gasteiger partial charge in [0.05, 0.1) is 18.8 Å². The number of carboxylic acids is 1. The molecule has 0 aliphatic carbocycles. The molecule has 0 unspecified atom stereocenters. The number of anilines is 3. The predicted octanol–water partition coefficient (Wildman–Crippen LogP) is 2.49. The van der Waals surface area contributed by atoms with Crippen molar-refractivity contribution >= 4 is 40.0 Å². The quantitative estimate of drug-likeness (QED) is 0.366. The first kappa shape index (κ1) is 28.4. The third-order valence-corrected chi connectivity index (χ3v) is 5.13. The zero-order valence-corrected chi connectivity index (χ0v) is 21.8. The van der Waals surface area contributed by atoms with Crippen molar-refractivity contribution in [3.05, 3.63) is 78.5 Å². The number of rotatable bonds is 7. The predicted molar refractivity (Wildman–Crippen MR) is 139 cm³/mol. The van der Waals surface area contributed by atoms with Gasteiger partial charge in [-0.1, -0.05) is 24.3 Å². The number of carbonyl (C=O) groups is 2. The summed E-state index contributed by atoms with van der Waals surface area (Å²) in [7, 11) is 1.45. The van der Waals surface area contributed by atoms with E-state index >= 15 is 0 Å². The number of aromatic carboxylic acids is 1. The Morgan fingerprint density at radius 1 is 0.921 bits per heavy atom. The Labute approximate surface area is 232 Å². The fraction of sp³-hybridized carbons (Fsp3) is 0.179. The van der Waals surface area contributed by atoms with Crippen molar-refractivity contribution in [3.8, 4) is 17.2 Å². The number of pyridine rings is 1. The van der Waals surface area contributed by atoms with E-state index in [1.165, 1.54) is 19.2 Å². The third-order valence-electron chi connectivity index (χ3n) is 5.13. The number of hydrogen-bond donors (Lipinski definition) is 2. The summed E-state index contributed by atoms with van der Waals surface area (Å²) in [6, 6.07) is 18.9. The number of carboxylic acid groups (broad SMARTS) is 1. The van der Waals surface area contributed by atoms with Crippen LogP contribution in [0.3, 0.4) is 0 Å². The van der Waals surface area contributed by atoms with E-state index in [0.717, 1.165) is 10.8 Å². The third kappa shape index (κ3) is 7.19. The first-order chi connectivity index (χ1) is 17.6. The molecule has 0 saturated carbocycles. The molecule has 38 heavy (non-hydrogen) atoms. The smallest absolute Gasteiger partial charge is 0.545 e. The van der Waals surface area contributed by atoms with Gasteiger partial charge in [0.1, 0.15) is 28.7 Å². The van der Waals surface area contributed by atoms with Gasteiger partial charge in [0.25, 0.3) is 0 Å². The zero-order valence-electron chi connectivity index (χ0n) is 21.8. The molecule has 3 aromatic carbocycles. The molecule has 1 heterocycles. The van der Waals surface area contributed by atoms with Crippen LogP contribution in [-0.4, -0.2) is 29.8 Å². The zero-order chi connectivity index (χ0) is 26.6. The number of aromatic nitrogens is 1. The first-order valence-corrected chi connectivity index (χ1v) is 11.4. The first-order valence-electron chi connectivity index (χ1n) is 11.4. The molecule has 1 aromatic heterocycles. The van der Waals surface area contributed by atoms with Gasteiger partial charge in [0.2, 0.25) is 0 Å². The van der Waals surface area contributed by atoms with Gasteiger partial charge in [-0.2, -0.15) is 0 Å². The number of nitrogens with one attached hydrogen (secondary N) is 2. The van der Waals surface area contributed by atoms with Gasteiger partial charge in [0, 0.05) is 40.4 Å². The number of hydrogen-bond acceptors (Lipinski definition) is 8. The summed E-state index contributed by atoms with van der Waals surface area (Å²) in [5, 5.41) is 18.8. The summed E-state index contributed by atoms with van der Waals surface area (Å²) < 4.78 is 16.7. The molecule has 2 N–H and O–H groups in total. The molecular weight excluding hydrogens is 481 g/mol. The Morgan fingerprint density at radius 2 is 1.66 bits per heavy atom. The standard InChI is InChI=1S/C28H27N3O6.Li/c1-28(2,3)37-27(34)31-23-9-10-24(22-8-6-5-7-21(22)23)36-19-11-12-29-25(16-19)30-18-13-17(26(32)33)14-20(15-18)35-4;/h5-16H,1-4H3,(H,29,30)(H,31,34)(H,32,33);/q;+1/p-1. The second-order valence-electron chi connectivity index (χ2n) is 9.13. The average Bonchev–Trinajstić information content (AvgIpc) is 2.84. The SMILES string of the molecule is COc1cc(Nc2cc(Oc3ccc(NC(=O)OC(C)(C)C)c4ccccc34)ccn2)cc(C(=O)[O-])c1.[Li+]. The maximum absolute atomic E-state index is 12.3. The van der Waals surface area contributed by atoms with E-state index in [4.69, 9.17) is 14.2 Å². The van der Waals surface area contributed by atoms with Crippen LogP contribution in [0.1, 0.15) is 31.1 Å². The van der Waals surface area contributed by atoms with Crippen LogP contribution in [0.2, 0.25) is 0 Å². The number of nitrogens with zero attached hydrogens (tertiary/aromatic N) is 1. The van der Waals surface area contributed by atoms with Crippen molar-refractivity contribution in [1.29, 1.82) is 0 Å². The topological polar surface area (TPSA) is 122 Å². The molecule has 0 aliphatic heterocycles. The van der Waals surface area contributed by atoms with Crippen LogP contribution >= 0.6 is 0 Å². The van der Waals surface area contributed by atoms with Crippen LogP contribution in [0.5, 0.6) is 17.2 Å². The molecule has 0 atom stereocenters. The molecule has 10 heteroatoms. The Morgan fingerprint density at radius 3 is 2.34 bits per heavy atom. The van der Waals surface area contributed by atoms with Crippen molar-refractivity contribution < 1.29 is 47.8 Å². The van der Waals surface area contributed by atoms with E-state index in [9.17, 15) is 14.7 Å². The van der Waals surface area contributed by atoms with Crippen molar-refractivity contribution in [3.63, 3.8) is 0 Å². The molecule has 0 bridgehead atoms. The minimum atomic E-state index is -1.32. The molecule has 0 fully saturated rings. The fourth-order valence-electron chi connectivity index (χ4n) is 3.61.